The molecule has 1 atom stereocenters. The van der Waals surface area contributed by atoms with E-state index in [-0.39, 0.29) is 11.6 Å². The SMILES string of the molecule is CCC(C)N(N)c1ncc(C(N)=O)c(-c2cc(C)cc(C)c2)n1. The van der Waals surface area contributed by atoms with Crippen molar-refractivity contribution in [1.82, 2.24) is 9.97 Å². The van der Waals surface area contributed by atoms with Crippen molar-refractivity contribution in [2.75, 3.05) is 5.01 Å². The van der Waals surface area contributed by atoms with E-state index in [1.807, 2.05) is 39.8 Å². The summed E-state index contributed by atoms with van der Waals surface area (Å²) in [6.45, 7) is 8.02. The number of carbonyl (C=O) groups excluding carboxylic acids is 1. The molecule has 23 heavy (non-hydrogen) atoms. The number of rotatable bonds is 5. The molecule has 0 bridgehead atoms. The van der Waals surface area contributed by atoms with Crippen molar-refractivity contribution in [1.29, 1.82) is 0 Å². The molecule has 1 aromatic heterocycles. The highest BCUT2D eigenvalue weighted by Gasteiger charge is 2.18. The van der Waals surface area contributed by atoms with Crippen LogP contribution in [0.3, 0.4) is 0 Å². The van der Waals surface area contributed by atoms with Gasteiger partial charge in [-0.1, -0.05) is 24.1 Å². The number of nitrogens with zero attached hydrogens (tertiary/aromatic N) is 3. The second-order valence-electron chi connectivity index (χ2n) is 5.84. The van der Waals surface area contributed by atoms with Crippen molar-refractivity contribution < 1.29 is 4.79 Å². The highest BCUT2D eigenvalue weighted by atomic mass is 16.1. The number of aromatic nitrogens is 2. The fourth-order valence-electron chi connectivity index (χ4n) is 2.40. The van der Waals surface area contributed by atoms with E-state index in [0.717, 1.165) is 23.1 Å². The maximum atomic E-state index is 11.7. The van der Waals surface area contributed by atoms with Gasteiger partial charge in [0.15, 0.2) is 0 Å². The Bertz CT molecular complexity index is 709. The maximum Gasteiger partial charge on any atom is 0.252 e. The van der Waals surface area contributed by atoms with E-state index in [4.69, 9.17) is 11.6 Å². The van der Waals surface area contributed by atoms with Gasteiger partial charge in [0, 0.05) is 17.8 Å². The molecule has 0 aliphatic heterocycles. The molecule has 1 amide bonds. The number of anilines is 1. The van der Waals surface area contributed by atoms with Crippen LogP contribution in [0.5, 0.6) is 0 Å². The summed E-state index contributed by atoms with van der Waals surface area (Å²) in [5.74, 6) is 5.89. The average Bonchev–Trinajstić information content (AvgIpc) is 2.51. The van der Waals surface area contributed by atoms with E-state index in [9.17, 15) is 4.79 Å². The zero-order valence-electron chi connectivity index (χ0n) is 14.0. The molecule has 0 saturated carbocycles. The van der Waals surface area contributed by atoms with Crippen LogP contribution in [0.15, 0.2) is 24.4 Å². The molecule has 4 N–H and O–H groups in total. The van der Waals surface area contributed by atoms with E-state index >= 15 is 0 Å². The molecule has 0 aliphatic carbocycles. The predicted octanol–water partition coefficient (Wildman–Crippen LogP) is 2.34. The van der Waals surface area contributed by atoms with Gasteiger partial charge in [-0.25, -0.2) is 15.8 Å². The third-order valence-electron chi connectivity index (χ3n) is 3.83. The van der Waals surface area contributed by atoms with E-state index in [2.05, 4.69) is 16.0 Å². The third kappa shape index (κ3) is 3.65. The van der Waals surface area contributed by atoms with Crippen molar-refractivity contribution in [3.63, 3.8) is 0 Å². The largest absolute Gasteiger partial charge is 0.365 e. The molecular formula is C17H23N5O. The molecule has 0 aliphatic rings. The summed E-state index contributed by atoms with van der Waals surface area (Å²) < 4.78 is 0. The Morgan fingerprint density at radius 2 is 1.87 bits per heavy atom. The number of carbonyl (C=O) groups is 1. The van der Waals surface area contributed by atoms with Crippen LogP contribution in [0.2, 0.25) is 0 Å². The van der Waals surface area contributed by atoms with Crippen molar-refractivity contribution in [2.45, 2.75) is 40.2 Å². The summed E-state index contributed by atoms with van der Waals surface area (Å²) >= 11 is 0. The number of primary amides is 1. The molecule has 0 spiro atoms. The van der Waals surface area contributed by atoms with Crippen LogP contribution in [0.4, 0.5) is 5.95 Å². The number of amides is 1. The van der Waals surface area contributed by atoms with Gasteiger partial charge in [0.2, 0.25) is 5.95 Å². The van der Waals surface area contributed by atoms with Gasteiger partial charge in [0.1, 0.15) is 0 Å². The molecule has 6 heteroatoms. The maximum absolute atomic E-state index is 11.7. The van der Waals surface area contributed by atoms with E-state index in [1.165, 1.54) is 11.2 Å². The number of aryl methyl sites for hydroxylation is 2. The predicted molar refractivity (Wildman–Crippen MR) is 91.9 cm³/mol. The Hall–Kier alpha value is -2.47. The minimum absolute atomic E-state index is 0.0847. The number of hydrogen-bond acceptors (Lipinski definition) is 5. The normalized spacial score (nSPS) is 12.0. The molecular weight excluding hydrogens is 290 g/mol. The Kier molecular flexibility index (Phi) is 4.95. The van der Waals surface area contributed by atoms with Crippen LogP contribution in [0.25, 0.3) is 11.3 Å². The Labute approximate surface area is 136 Å². The zero-order valence-corrected chi connectivity index (χ0v) is 14.0. The summed E-state index contributed by atoms with van der Waals surface area (Å²) in [5.41, 5.74) is 9.27. The lowest BCUT2D eigenvalue weighted by molar-refractivity contribution is 0.100. The molecule has 2 rings (SSSR count). The lowest BCUT2D eigenvalue weighted by Crippen LogP contribution is -2.40. The van der Waals surface area contributed by atoms with Crippen molar-refractivity contribution in [3.8, 4) is 11.3 Å². The molecule has 2 aromatic rings. The van der Waals surface area contributed by atoms with Gasteiger partial charge in [-0.05, 0) is 39.3 Å². The third-order valence-corrected chi connectivity index (χ3v) is 3.83. The van der Waals surface area contributed by atoms with Crippen LogP contribution in [0.1, 0.15) is 41.8 Å². The number of nitrogens with two attached hydrogens (primary N) is 2. The molecule has 1 aromatic carbocycles. The monoisotopic (exact) mass is 313 g/mol. The first-order valence-electron chi connectivity index (χ1n) is 7.63. The first-order chi connectivity index (χ1) is 10.8. The van der Waals surface area contributed by atoms with E-state index in [1.54, 1.807) is 0 Å². The number of benzene rings is 1. The summed E-state index contributed by atoms with van der Waals surface area (Å²) in [6, 6.07) is 6.08. The van der Waals surface area contributed by atoms with Crippen LogP contribution in [0, 0.1) is 13.8 Å². The molecule has 0 fully saturated rings. The highest BCUT2D eigenvalue weighted by Crippen LogP contribution is 2.25. The standard InChI is InChI=1S/C17H23N5O/c1-5-12(4)22(19)17-20-9-14(16(18)23)15(21-17)13-7-10(2)6-11(3)8-13/h6-9,12H,5,19H2,1-4H3,(H2,18,23). The summed E-state index contributed by atoms with van der Waals surface area (Å²) in [4.78, 5) is 20.4. The van der Waals surface area contributed by atoms with Crippen LogP contribution < -0.4 is 16.6 Å². The molecule has 122 valence electrons. The lowest BCUT2D eigenvalue weighted by Gasteiger charge is -2.23. The Morgan fingerprint density at radius 3 is 2.39 bits per heavy atom. The molecule has 0 radical (unpaired) electrons. The Morgan fingerprint density at radius 1 is 1.26 bits per heavy atom. The summed E-state index contributed by atoms with van der Waals surface area (Å²) in [7, 11) is 0. The van der Waals surface area contributed by atoms with Gasteiger partial charge in [0.25, 0.3) is 5.91 Å². The first-order valence-corrected chi connectivity index (χ1v) is 7.63. The van der Waals surface area contributed by atoms with Crippen molar-refractivity contribution in [2.24, 2.45) is 11.6 Å². The molecule has 0 saturated heterocycles. The molecule has 6 nitrogen and oxygen atoms in total. The first kappa shape index (κ1) is 16.9. The fourth-order valence-corrected chi connectivity index (χ4v) is 2.40. The van der Waals surface area contributed by atoms with Gasteiger partial charge in [-0.2, -0.15) is 0 Å². The van der Waals surface area contributed by atoms with Crippen LogP contribution >= 0.6 is 0 Å². The van der Waals surface area contributed by atoms with Gasteiger partial charge < -0.3 is 5.73 Å². The lowest BCUT2D eigenvalue weighted by atomic mass is 10.0. The van der Waals surface area contributed by atoms with Gasteiger partial charge in [-0.15, -0.1) is 0 Å². The van der Waals surface area contributed by atoms with Crippen molar-refractivity contribution >= 4 is 11.9 Å². The minimum Gasteiger partial charge on any atom is -0.365 e. The average molecular weight is 313 g/mol. The van der Waals surface area contributed by atoms with Crippen LogP contribution in [-0.4, -0.2) is 21.9 Å². The van der Waals surface area contributed by atoms with Gasteiger partial charge in [0.05, 0.1) is 11.3 Å². The topological polar surface area (TPSA) is 98.1 Å². The highest BCUT2D eigenvalue weighted by molar-refractivity contribution is 5.98. The van der Waals surface area contributed by atoms with Crippen molar-refractivity contribution in [3.05, 3.63) is 41.1 Å². The quantitative estimate of drug-likeness (QED) is 0.652. The van der Waals surface area contributed by atoms with E-state index < -0.39 is 5.91 Å². The van der Waals surface area contributed by atoms with Gasteiger partial charge in [-0.3, -0.25) is 9.80 Å². The van der Waals surface area contributed by atoms with Crippen LogP contribution in [-0.2, 0) is 0 Å². The molecule has 1 heterocycles. The Balaban J connectivity index is 2.61. The fraction of sp³-hybridized carbons (Fsp3) is 0.353. The van der Waals surface area contributed by atoms with Gasteiger partial charge >= 0.3 is 0 Å². The summed E-state index contributed by atoms with van der Waals surface area (Å²) in [6.07, 6.45) is 2.30. The molecule has 1 unspecified atom stereocenters. The second-order valence-corrected chi connectivity index (χ2v) is 5.84. The second kappa shape index (κ2) is 6.75. The zero-order chi connectivity index (χ0) is 17.1. The van der Waals surface area contributed by atoms with E-state index in [0.29, 0.717) is 11.6 Å². The number of hydrogen-bond donors (Lipinski definition) is 2. The number of hydrazine groups is 1. The summed E-state index contributed by atoms with van der Waals surface area (Å²) in [5, 5.41) is 1.51. The minimum atomic E-state index is -0.558. The smallest absolute Gasteiger partial charge is 0.252 e.